The Hall–Kier alpha value is -0.450. The highest BCUT2D eigenvalue weighted by Gasteiger charge is 2.48. The summed E-state index contributed by atoms with van der Waals surface area (Å²) < 4.78 is 47.7. The van der Waals surface area contributed by atoms with E-state index in [2.05, 4.69) is 16.0 Å². The number of fused-ring (bicyclic) bond motifs is 4. The van der Waals surface area contributed by atoms with E-state index in [1.54, 1.807) is 11.8 Å². The van der Waals surface area contributed by atoms with Gasteiger partial charge in [0.2, 0.25) is 0 Å². The predicted octanol–water partition coefficient (Wildman–Crippen LogP) is 5.20. The van der Waals surface area contributed by atoms with Gasteiger partial charge < -0.3 is 10.1 Å². The molecule has 2 N–H and O–H groups in total. The summed E-state index contributed by atoms with van der Waals surface area (Å²) in [6.45, 7) is 4.87. The van der Waals surface area contributed by atoms with Crippen LogP contribution < -0.4 is 10.6 Å². The average Bonchev–Trinajstić information content (AvgIpc) is 3.32. The summed E-state index contributed by atoms with van der Waals surface area (Å²) in [7, 11) is 0. The Labute approximate surface area is 182 Å². The minimum absolute atomic E-state index is 0.193. The summed E-state index contributed by atoms with van der Waals surface area (Å²) in [6.07, 6.45) is 4.25. The predicted molar refractivity (Wildman–Crippen MR) is 118 cm³/mol. The number of allylic oxidation sites excluding steroid dienone is 2. The van der Waals surface area contributed by atoms with Gasteiger partial charge in [0.05, 0.1) is 0 Å². The van der Waals surface area contributed by atoms with Crippen LogP contribution in [0.5, 0.6) is 0 Å². The Morgan fingerprint density at radius 2 is 2.18 bits per heavy atom. The van der Waals surface area contributed by atoms with Crippen LogP contribution in [0.2, 0.25) is 0 Å². The van der Waals surface area contributed by atoms with Crippen molar-refractivity contribution in [3.05, 3.63) is 22.3 Å². The van der Waals surface area contributed by atoms with Crippen molar-refractivity contribution in [1.82, 2.24) is 10.6 Å². The second-order valence-electron chi connectivity index (χ2n) is 10.3. The normalized spacial score (nSPS) is 46.8. The SMILES string of the molecule is [2H]C([2H])([2H])[C@@H]1CCC2C(N1)OC1=C([C@H]3C[C@H]4C(C([2H])([2H])C(C)(C)C)=CSC4CN3)CCCC12. The van der Waals surface area contributed by atoms with Crippen LogP contribution in [-0.4, -0.2) is 30.1 Å². The van der Waals surface area contributed by atoms with Gasteiger partial charge in [-0.25, -0.2) is 0 Å². The fourth-order valence-corrected chi connectivity index (χ4v) is 7.13. The highest BCUT2D eigenvalue weighted by Crippen LogP contribution is 2.50. The second-order valence-corrected chi connectivity index (χ2v) is 11.4. The number of rotatable bonds is 2. The quantitative estimate of drug-likeness (QED) is 0.659. The van der Waals surface area contributed by atoms with Gasteiger partial charge >= 0.3 is 0 Å². The van der Waals surface area contributed by atoms with E-state index < -0.39 is 24.7 Å². The van der Waals surface area contributed by atoms with Crippen LogP contribution in [0, 0.1) is 23.2 Å². The van der Waals surface area contributed by atoms with Crippen molar-refractivity contribution < 1.29 is 11.6 Å². The molecule has 4 aliphatic heterocycles. The molecular weight excluding hydrogens is 364 g/mol. The molecule has 0 amide bonds. The Bertz CT molecular complexity index is 849. The number of thioether (sulfide) groups is 1. The Morgan fingerprint density at radius 3 is 3.00 bits per heavy atom. The van der Waals surface area contributed by atoms with Gasteiger partial charge in [-0.3, -0.25) is 5.32 Å². The Morgan fingerprint density at radius 1 is 1.29 bits per heavy atom. The van der Waals surface area contributed by atoms with Crippen LogP contribution >= 0.6 is 11.8 Å². The van der Waals surface area contributed by atoms with Crippen molar-refractivity contribution in [2.24, 2.45) is 23.2 Å². The summed E-state index contributed by atoms with van der Waals surface area (Å²) >= 11 is 1.79. The lowest BCUT2D eigenvalue weighted by molar-refractivity contribution is 0.0573. The minimum atomic E-state index is -1.99. The molecule has 0 aromatic rings. The largest absolute Gasteiger partial charge is 0.479 e. The van der Waals surface area contributed by atoms with Gasteiger partial charge in [-0.2, -0.15) is 0 Å². The van der Waals surface area contributed by atoms with E-state index in [1.165, 1.54) is 5.57 Å². The Kier molecular flexibility index (Phi) is 3.82. The minimum Gasteiger partial charge on any atom is -0.479 e. The van der Waals surface area contributed by atoms with Gasteiger partial charge in [-0.1, -0.05) is 26.3 Å². The summed E-state index contributed by atoms with van der Waals surface area (Å²) in [5, 5.41) is 9.59. The first-order chi connectivity index (χ1) is 15.4. The van der Waals surface area contributed by atoms with Gasteiger partial charge in [0.25, 0.3) is 0 Å². The van der Waals surface area contributed by atoms with Gasteiger partial charge in [0.1, 0.15) is 5.76 Å². The smallest absolute Gasteiger partial charge is 0.153 e. The fourth-order valence-electron chi connectivity index (χ4n) is 5.94. The maximum Gasteiger partial charge on any atom is 0.153 e. The van der Waals surface area contributed by atoms with Gasteiger partial charge in [-0.15, -0.1) is 11.8 Å². The van der Waals surface area contributed by atoms with Crippen molar-refractivity contribution >= 4 is 11.8 Å². The Balaban J connectivity index is 1.37. The molecule has 7 atom stereocenters. The number of piperidine rings is 2. The molecule has 4 heteroatoms. The zero-order chi connectivity index (χ0) is 23.8. The first-order valence-electron chi connectivity index (χ1n) is 13.6. The van der Waals surface area contributed by atoms with E-state index >= 15 is 0 Å². The first-order valence-corrected chi connectivity index (χ1v) is 12.1. The van der Waals surface area contributed by atoms with E-state index in [4.69, 9.17) is 11.6 Å². The molecule has 0 saturated carbocycles. The van der Waals surface area contributed by atoms with Crippen LogP contribution in [0.4, 0.5) is 0 Å². The molecule has 0 bridgehead atoms. The van der Waals surface area contributed by atoms with E-state index in [1.807, 2.05) is 20.8 Å². The van der Waals surface area contributed by atoms with E-state index in [0.29, 0.717) is 23.5 Å². The van der Waals surface area contributed by atoms with Crippen LogP contribution in [-0.2, 0) is 4.74 Å². The molecule has 0 aromatic heterocycles. The van der Waals surface area contributed by atoms with Crippen LogP contribution in [0.3, 0.4) is 0 Å². The summed E-state index contributed by atoms with van der Waals surface area (Å²) in [4.78, 5) is 0. The molecular formula is C24H38N2OS. The zero-order valence-corrected chi connectivity index (χ0v) is 18.2. The molecule has 28 heavy (non-hydrogen) atoms. The summed E-state index contributed by atoms with van der Waals surface area (Å²) in [5.41, 5.74) is 1.89. The lowest BCUT2D eigenvalue weighted by Crippen LogP contribution is -2.46. The molecule has 3 fully saturated rings. The van der Waals surface area contributed by atoms with Gasteiger partial charge in [0.15, 0.2) is 6.23 Å². The fraction of sp³-hybridized carbons (Fsp3) is 0.833. The monoisotopic (exact) mass is 407 g/mol. The standard InChI is InChI=1S/C24H38N2OS/c1-14-8-9-17-16-6-5-7-18(22(16)27-23(17)26-14)20-10-19-15(11-24(2,3)4)13-28-21(19)12-25-20/h13-14,16-17,19-21,23,25-26H,5-12H2,1-4H3/t14-,16?,17?,19+,20-,21?,23?/m1/s1/i1D3,11D2. The molecule has 3 nitrogen and oxygen atoms in total. The summed E-state index contributed by atoms with van der Waals surface area (Å²) in [6, 6.07) is -0.278. The second kappa shape index (κ2) is 7.35. The number of hydrogen-bond donors (Lipinski definition) is 2. The topological polar surface area (TPSA) is 33.3 Å². The maximum atomic E-state index is 8.88. The number of hydrogen-bond acceptors (Lipinski definition) is 4. The molecule has 4 unspecified atom stereocenters. The molecule has 0 radical (unpaired) electrons. The average molecular weight is 408 g/mol. The maximum absolute atomic E-state index is 8.88. The first kappa shape index (κ1) is 14.5. The molecule has 5 rings (SSSR count). The third kappa shape index (κ3) is 3.58. The van der Waals surface area contributed by atoms with Crippen LogP contribution in [0.15, 0.2) is 22.3 Å². The molecule has 3 saturated heterocycles. The molecule has 156 valence electrons. The van der Waals surface area contributed by atoms with Crippen LogP contribution in [0.1, 0.15) is 79.4 Å². The van der Waals surface area contributed by atoms with Crippen molar-refractivity contribution in [3.8, 4) is 0 Å². The number of ether oxygens (including phenoxy) is 1. The molecule has 5 aliphatic rings. The van der Waals surface area contributed by atoms with Gasteiger partial charge in [0, 0.05) is 42.6 Å². The third-order valence-electron chi connectivity index (χ3n) is 7.14. The van der Waals surface area contributed by atoms with E-state index in [9.17, 15) is 0 Å². The number of nitrogens with one attached hydrogen (secondary N) is 2. The lowest BCUT2D eigenvalue weighted by Gasteiger charge is -2.38. The lowest BCUT2D eigenvalue weighted by atomic mass is 9.73. The van der Waals surface area contributed by atoms with Crippen molar-refractivity contribution in [2.75, 3.05) is 6.54 Å². The van der Waals surface area contributed by atoms with E-state index in [-0.39, 0.29) is 18.2 Å². The molecule has 4 heterocycles. The van der Waals surface area contributed by atoms with Crippen molar-refractivity contribution in [3.63, 3.8) is 0 Å². The molecule has 1 aliphatic carbocycles. The van der Waals surface area contributed by atoms with Crippen molar-refractivity contribution in [1.29, 1.82) is 0 Å². The highest BCUT2D eigenvalue weighted by molar-refractivity contribution is 8.03. The molecule has 0 spiro atoms. The highest BCUT2D eigenvalue weighted by atomic mass is 32.2. The van der Waals surface area contributed by atoms with Crippen molar-refractivity contribution in [2.45, 2.75) is 96.1 Å². The molecule has 0 aromatic carbocycles. The summed E-state index contributed by atoms with van der Waals surface area (Å²) in [5.74, 6) is 2.10. The third-order valence-corrected chi connectivity index (χ3v) is 8.38. The zero-order valence-electron chi connectivity index (χ0n) is 22.4. The van der Waals surface area contributed by atoms with Gasteiger partial charge in [-0.05, 0) is 74.1 Å². The van der Waals surface area contributed by atoms with Crippen LogP contribution in [0.25, 0.3) is 0 Å². The van der Waals surface area contributed by atoms with E-state index in [0.717, 1.165) is 50.0 Å².